The zero-order valence-electron chi connectivity index (χ0n) is 20.1. The normalized spacial score (nSPS) is 14.3. The van der Waals surface area contributed by atoms with Gasteiger partial charge in [0.25, 0.3) is 0 Å². The molecule has 0 amide bonds. The lowest BCUT2D eigenvalue weighted by Gasteiger charge is -2.35. The van der Waals surface area contributed by atoms with Crippen LogP contribution < -0.4 is 4.90 Å². The third-order valence-corrected chi connectivity index (χ3v) is 6.75. The van der Waals surface area contributed by atoms with Gasteiger partial charge in [0, 0.05) is 63.3 Å². The molecule has 1 aromatic carbocycles. The Kier molecular flexibility index (Phi) is 5.68. The first-order valence-corrected chi connectivity index (χ1v) is 12.1. The van der Waals surface area contributed by atoms with Gasteiger partial charge in [-0.2, -0.15) is 10.4 Å². The van der Waals surface area contributed by atoms with Crippen molar-refractivity contribution >= 4 is 11.5 Å². The number of hydrogen-bond acceptors (Lipinski definition) is 6. The molecule has 0 atom stereocenters. The van der Waals surface area contributed by atoms with E-state index in [0.29, 0.717) is 5.69 Å². The summed E-state index contributed by atoms with van der Waals surface area (Å²) in [7, 11) is 1.90. The van der Waals surface area contributed by atoms with E-state index in [1.807, 2.05) is 36.1 Å². The average Bonchev–Trinajstić information content (AvgIpc) is 3.55. The minimum atomic E-state index is 0.497. The summed E-state index contributed by atoms with van der Waals surface area (Å²) in [6.45, 7) is 4.88. The second-order valence-electron chi connectivity index (χ2n) is 9.13. The molecule has 0 N–H and O–H groups in total. The number of hydrogen-bond donors (Lipinski definition) is 0. The largest absolute Gasteiger partial charge is 0.354 e. The predicted molar refractivity (Wildman–Crippen MR) is 139 cm³/mol. The molecule has 1 fully saturated rings. The van der Waals surface area contributed by atoms with Crippen LogP contribution in [-0.4, -0.2) is 55.2 Å². The third-order valence-electron chi connectivity index (χ3n) is 6.75. The van der Waals surface area contributed by atoms with Crippen molar-refractivity contribution in [2.24, 2.45) is 7.05 Å². The van der Waals surface area contributed by atoms with Crippen molar-refractivity contribution in [3.63, 3.8) is 0 Å². The van der Waals surface area contributed by atoms with Crippen molar-refractivity contribution in [2.45, 2.75) is 6.54 Å². The molecule has 1 aliphatic heterocycles. The van der Waals surface area contributed by atoms with Crippen molar-refractivity contribution in [3.8, 4) is 28.5 Å². The van der Waals surface area contributed by atoms with Crippen LogP contribution in [0.3, 0.4) is 0 Å². The van der Waals surface area contributed by atoms with Gasteiger partial charge in [-0.15, -0.1) is 0 Å². The van der Waals surface area contributed by atoms with Crippen LogP contribution in [0, 0.1) is 11.3 Å². The number of fused-ring (bicyclic) bond motifs is 1. The van der Waals surface area contributed by atoms with Crippen LogP contribution in [0.25, 0.3) is 28.0 Å². The highest BCUT2D eigenvalue weighted by molar-refractivity contribution is 5.75. The Bertz CT molecular complexity index is 1530. The zero-order valence-corrected chi connectivity index (χ0v) is 20.1. The van der Waals surface area contributed by atoms with E-state index in [4.69, 9.17) is 4.98 Å². The number of aryl methyl sites for hydroxylation is 1. The first kappa shape index (κ1) is 22.0. The Balaban J connectivity index is 1.25. The number of nitrogens with zero attached hydrogens (tertiary/aromatic N) is 8. The van der Waals surface area contributed by atoms with E-state index in [1.54, 1.807) is 10.9 Å². The van der Waals surface area contributed by atoms with Gasteiger partial charge < -0.3 is 4.90 Å². The maximum absolute atomic E-state index is 9.66. The van der Waals surface area contributed by atoms with Gasteiger partial charge in [-0.25, -0.2) is 9.97 Å². The lowest BCUT2D eigenvalue weighted by atomic mass is 10.1. The highest BCUT2D eigenvalue weighted by Crippen LogP contribution is 2.30. The molecule has 1 aliphatic rings. The van der Waals surface area contributed by atoms with Crippen molar-refractivity contribution < 1.29 is 0 Å². The molecular formula is C28H26N8. The van der Waals surface area contributed by atoms with Crippen LogP contribution in [0.4, 0.5) is 5.82 Å². The molecule has 4 aromatic heterocycles. The smallest absolute Gasteiger partial charge is 0.145 e. The van der Waals surface area contributed by atoms with Gasteiger partial charge in [-0.3, -0.25) is 14.0 Å². The molecule has 0 aliphatic carbocycles. The summed E-state index contributed by atoms with van der Waals surface area (Å²) in [4.78, 5) is 14.1. The van der Waals surface area contributed by atoms with Crippen LogP contribution in [0.1, 0.15) is 11.3 Å². The van der Waals surface area contributed by atoms with E-state index in [2.05, 4.69) is 74.5 Å². The standard InChI is InChI=1S/C28H26N8/c1-33-20-24(17-32-33)23-13-26(36-25(15-29)18-31-28(36)14-23)22-7-8-27(30-16-22)35-11-9-34(10-12-35)19-21-5-3-2-4-6-21/h2-8,13-14,16-18,20H,9-12,19H2,1H3. The molecule has 5 aromatic rings. The summed E-state index contributed by atoms with van der Waals surface area (Å²) in [5, 5.41) is 14.0. The fourth-order valence-electron chi connectivity index (χ4n) is 4.84. The Morgan fingerprint density at radius 1 is 0.861 bits per heavy atom. The number of piperazine rings is 1. The Hall–Kier alpha value is -4.48. The maximum Gasteiger partial charge on any atom is 0.145 e. The lowest BCUT2D eigenvalue weighted by Crippen LogP contribution is -2.46. The molecule has 0 radical (unpaired) electrons. The number of pyridine rings is 2. The van der Waals surface area contributed by atoms with E-state index in [-0.39, 0.29) is 0 Å². The summed E-state index contributed by atoms with van der Waals surface area (Å²) in [6, 6.07) is 21.1. The molecule has 0 bridgehead atoms. The molecule has 36 heavy (non-hydrogen) atoms. The monoisotopic (exact) mass is 474 g/mol. The van der Waals surface area contributed by atoms with Gasteiger partial charge in [-0.05, 0) is 35.4 Å². The van der Waals surface area contributed by atoms with Crippen LogP contribution in [0.2, 0.25) is 0 Å². The minimum Gasteiger partial charge on any atom is -0.354 e. The number of imidazole rings is 1. The maximum atomic E-state index is 9.66. The Morgan fingerprint density at radius 2 is 1.69 bits per heavy atom. The fraction of sp³-hybridized carbons (Fsp3) is 0.214. The summed E-state index contributed by atoms with van der Waals surface area (Å²) in [5.41, 5.74) is 6.39. The number of benzene rings is 1. The SMILES string of the molecule is Cn1cc(-c2cc(-c3ccc(N4CCN(Cc5ccccc5)CC4)nc3)n3c(C#N)cnc3c2)cn1. The van der Waals surface area contributed by atoms with Crippen molar-refractivity contribution in [2.75, 3.05) is 31.1 Å². The van der Waals surface area contributed by atoms with Gasteiger partial charge >= 0.3 is 0 Å². The zero-order chi connectivity index (χ0) is 24.5. The second-order valence-corrected chi connectivity index (χ2v) is 9.13. The molecule has 6 rings (SSSR count). The highest BCUT2D eigenvalue weighted by atomic mass is 15.3. The topological polar surface area (TPSA) is 78.3 Å². The molecular weight excluding hydrogens is 448 g/mol. The van der Waals surface area contributed by atoms with E-state index in [9.17, 15) is 5.26 Å². The molecule has 1 saturated heterocycles. The molecule has 0 spiro atoms. The van der Waals surface area contributed by atoms with Gasteiger partial charge in [0.15, 0.2) is 0 Å². The van der Waals surface area contributed by atoms with Crippen LogP contribution in [0.15, 0.2) is 79.4 Å². The minimum absolute atomic E-state index is 0.497. The number of aromatic nitrogens is 5. The van der Waals surface area contributed by atoms with Gasteiger partial charge in [0.05, 0.1) is 18.1 Å². The lowest BCUT2D eigenvalue weighted by molar-refractivity contribution is 0.249. The van der Waals surface area contributed by atoms with Gasteiger partial charge in [0.2, 0.25) is 0 Å². The van der Waals surface area contributed by atoms with E-state index < -0.39 is 0 Å². The third kappa shape index (κ3) is 4.21. The van der Waals surface area contributed by atoms with Crippen molar-refractivity contribution in [1.82, 2.24) is 29.0 Å². The van der Waals surface area contributed by atoms with Crippen molar-refractivity contribution in [1.29, 1.82) is 5.26 Å². The average molecular weight is 475 g/mol. The van der Waals surface area contributed by atoms with Crippen LogP contribution in [-0.2, 0) is 13.6 Å². The van der Waals surface area contributed by atoms with Gasteiger partial charge in [0.1, 0.15) is 23.2 Å². The van der Waals surface area contributed by atoms with E-state index in [0.717, 1.165) is 66.6 Å². The molecule has 178 valence electrons. The number of rotatable bonds is 5. The van der Waals surface area contributed by atoms with E-state index in [1.165, 1.54) is 5.56 Å². The van der Waals surface area contributed by atoms with E-state index >= 15 is 0 Å². The van der Waals surface area contributed by atoms with Crippen molar-refractivity contribution in [3.05, 3.63) is 90.6 Å². The summed E-state index contributed by atoms with van der Waals surface area (Å²) >= 11 is 0. The molecule has 8 nitrogen and oxygen atoms in total. The predicted octanol–water partition coefficient (Wildman–Crippen LogP) is 3.99. The quantitative estimate of drug-likeness (QED) is 0.383. The molecule has 5 heterocycles. The number of anilines is 1. The summed E-state index contributed by atoms with van der Waals surface area (Å²) in [5.74, 6) is 0.976. The fourth-order valence-corrected chi connectivity index (χ4v) is 4.84. The highest BCUT2D eigenvalue weighted by Gasteiger charge is 2.19. The van der Waals surface area contributed by atoms with Crippen LogP contribution >= 0.6 is 0 Å². The van der Waals surface area contributed by atoms with Gasteiger partial charge in [-0.1, -0.05) is 30.3 Å². The molecule has 0 saturated carbocycles. The molecule has 0 unspecified atom stereocenters. The Morgan fingerprint density at radius 3 is 2.39 bits per heavy atom. The first-order chi connectivity index (χ1) is 17.7. The summed E-state index contributed by atoms with van der Waals surface area (Å²) < 4.78 is 3.67. The summed E-state index contributed by atoms with van der Waals surface area (Å²) in [6.07, 6.45) is 7.32. The number of nitriles is 1. The first-order valence-electron chi connectivity index (χ1n) is 12.1. The van der Waals surface area contributed by atoms with Crippen LogP contribution in [0.5, 0.6) is 0 Å². The second kappa shape index (κ2) is 9.29. The molecule has 8 heteroatoms. The Labute approximate surface area is 209 Å².